The van der Waals surface area contributed by atoms with E-state index in [4.69, 9.17) is 9.47 Å². The number of amides is 3. The summed E-state index contributed by atoms with van der Waals surface area (Å²) in [5.41, 5.74) is 1.03. The largest absolute Gasteiger partial charge is 0.490 e. The van der Waals surface area contributed by atoms with Gasteiger partial charge >= 0.3 is 12.0 Å². The van der Waals surface area contributed by atoms with Crippen LogP contribution in [0.25, 0.3) is 0 Å². The smallest absolute Gasteiger partial charge is 0.338 e. The fourth-order valence-electron chi connectivity index (χ4n) is 2.49. The van der Waals surface area contributed by atoms with E-state index >= 15 is 0 Å². The Morgan fingerprint density at radius 2 is 1.85 bits per heavy atom. The lowest BCUT2D eigenvalue weighted by Crippen LogP contribution is -2.30. The molecule has 1 fully saturated rings. The predicted octanol–water partition coefficient (Wildman–Crippen LogP) is 1.97. The van der Waals surface area contributed by atoms with Crippen molar-refractivity contribution in [2.45, 2.75) is 6.54 Å². The van der Waals surface area contributed by atoms with Crippen molar-refractivity contribution in [2.75, 3.05) is 19.8 Å². The first-order valence-electron chi connectivity index (χ1n) is 8.15. The molecule has 2 aromatic rings. The van der Waals surface area contributed by atoms with Crippen LogP contribution < -0.4 is 10.1 Å². The Bertz CT molecular complexity index is 791. The van der Waals surface area contributed by atoms with E-state index < -0.39 is 12.0 Å². The van der Waals surface area contributed by atoms with Crippen LogP contribution in [0.4, 0.5) is 4.79 Å². The van der Waals surface area contributed by atoms with Crippen LogP contribution in [-0.4, -0.2) is 42.6 Å². The fourth-order valence-corrected chi connectivity index (χ4v) is 2.49. The van der Waals surface area contributed by atoms with E-state index in [0.717, 1.165) is 4.90 Å². The molecule has 3 amide bonds. The maximum Gasteiger partial charge on any atom is 0.338 e. The van der Waals surface area contributed by atoms with Crippen LogP contribution in [0, 0.1) is 0 Å². The molecule has 0 radical (unpaired) electrons. The fraction of sp³-hybridized carbons (Fsp3) is 0.211. The van der Waals surface area contributed by atoms with Gasteiger partial charge in [-0.3, -0.25) is 9.69 Å². The van der Waals surface area contributed by atoms with E-state index in [2.05, 4.69) is 5.32 Å². The highest BCUT2D eigenvalue weighted by Crippen LogP contribution is 2.12. The molecule has 3 rings (SSSR count). The molecule has 2 aromatic carbocycles. The molecule has 0 bridgehead atoms. The van der Waals surface area contributed by atoms with Gasteiger partial charge in [0.1, 0.15) is 19.0 Å². The minimum atomic E-state index is -0.485. The van der Waals surface area contributed by atoms with Crippen LogP contribution >= 0.6 is 0 Å². The van der Waals surface area contributed by atoms with E-state index in [0.29, 0.717) is 16.9 Å². The zero-order chi connectivity index (χ0) is 18.4. The predicted molar refractivity (Wildman–Crippen MR) is 92.6 cm³/mol. The summed E-state index contributed by atoms with van der Waals surface area (Å²) in [7, 11) is 0. The zero-order valence-corrected chi connectivity index (χ0v) is 14.0. The standard InChI is InChI=1S/C19H18N2O5/c22-17-12-20-19(24)21(17)13-14-5-4-6-15(11-14)18(23)26-10-9-25-16-7-2-1-3-8-16/h1-8,11H,9-10,12-13H2,(H,20,24). The van der Waals surface area contributed by atoms with Gasteiger partial charge in [-0.25, -0.2) is 9.59 Å². The van der Waals surface area contributed by atoms with Crippen molar-refractivity contribution < 1.29 is 23.9 Å². The Morgan fingerprint density at radius 1 is 1.04 bits per heavy atom. The average molecular weight is 354 g/mol. The molecule has 7 nitrogen and oxygen atoms in total. The molecule has 0 aliphatic carbocycles. The van der Waals surface area contributed by atoms with E-state index in [1.54, 1.807) is 24.3 Å². The molecule has 0 saturated carbocycles. The number of rotatable bonds is 7. The van der Waals surface area contributed by atoms with Crippen molar-refractivity contribution in [1.82, 2.24) is 10.2 Å². The number of carbonyl (C=O) groups is 3. The molecule has 1 saturated heterocycles. The van der Waals surface area contributed by atoms with Gasteiger partial charge in [0.05, 0.1) is 18.7 Å². The third kappa shape index (κ3) is 4.38. The number of ether oxygens (including phenoxy) is 2. The topological polar surface area (TPSA) is 84.9 Å². The number of esters is 1. The molecule has 0 atom stereocenters. The molecule has 0 spiro atoms. The lowest BCUT2D eigenvalue weighted by molar-refractivity contribution is -0.125. The number of carbonyl (C=O) groups excluding carboxylic acids is 3. The SMILES string of the molecule is O=C(OCCOc1ccccc1)c1cccc(CN2C(=O)CNC2=O)c1. The second-order valence-electron chi connectivity index (χ2n) is 5.64. The number of hydrogen-bond acceptors (Lipinski definition) is 5. The summed E-state index contributed by atoms with van der Waals surface area (Å²) in [6.07, 6.45) is 0. The van der Waals surface area contributed by atoms with Gasteiger partial charge in [-0.2, -0.15) is 0 Å². The Hall–Kier alpha value is -3.35. The minimum absolute atomic E-state index is 0.00196. The quantitative estimate of drug-likeness (QED) is 0.467. The van der Waals surface area contributed by atoms with Gasteiger partial charge in [0, 0.05) is 0 Å². The normalized spacial score (nSPS) is 13.5. The molecule has 0 unspecified atom stereocenters. The Morgan fingerprint density at radius 3 is 2.58 bits per heavy atom. The van der Waals surface area contributed by atoms with Gasteiger partial charge in [-0.05, 0) is 29.8 Å². The highest BCUT2D eigenvalue weighted by molar-refractivity contribution is 6.01. The van der Waals surface area contributed by atoms with Crippen LogP contribution in [0.1, 0.15) is 15.9 Å². The number of urea groups is 1. The minimum Gasteiger partial charge on any atom is -0.490 e. The summed E-state index contributed by atoms with van der Waals surface area (Å²) in [6.45, 7) is 0.480. The van der Waals surface area contributed by atoms with Crippen molar-refractivity contribution in [2.24, 2.45) is 0 Å². The van der Waals surface area contributed by atoms with Crippen molar-refractivity contribution in [3.05, 3.63) is 65.7 Å². The highest BCUT2D eigenvalue weighted by Gasteiger charge is 2.28. The second-order valence-corrected chi connectivity index (χ2v) is 5.64. The van der Waals surface area contributed by atoms with Gasteiger partial charge in [-0.15, -0.1) is 0 Å². The van der Waals surface area contributed by atoms with Crippen LogP contribution in [0.2, 0.25) is 0 Å². The van der Waals surface area contributed by atoms with Crippen LogP contribution in [0.15, 0.2) is 54.6 Å². The number of benzene rings is 2. The molecule has 1 aliphatic rings. The van der Waals surface area contributed by atoms with Gasteiger partial charge in [0.25, 0.3) is 0 Å². The zero-order valence-electron chi connectivity index (χ0n) is 14.0. The first-order chi connectivity index (χ1) is 12.6. The summed E-state index contributed by atoms with van der Waals surface area (Å²) in [6, 6.07) is 15.5. The molecule has 134 valence electrons. The third-order valence-electron chi connectivity index (χ3n) is 3.77. The van der Waals surface area contributed by atoms with E-state index in [9.17, 15) is 14.4 Å². The van der Waals surface area contributed by atoms with Crippen molar-refractivity contribution >= 4 is 17.9 Å². The monoisotopic (exact) mass is 354 g/mol. The number of nitrogens with zero attached hydrogens (tertiary/aromatic N) is 1. The second kappa shape index (κ2) is 8.15. The molecule has 0 aromatic heterocycles. The number of nitrogens with one attached hydrogen (secondary N) is 1. The van der Waals surface area contributed by atoms with E-state index in [-0.39, 0.29) is 32.2 Å². The number of hydrogen-bond donors (Lipinski definition) is 1. The summed E-state index contributed by atoms with van der Waals surface area (Å²) >= 11 is 0. The van der Waals surface area contributed by atoms with Crippen molar-refractivity contribution in [3.8, 4) is 5.75 Å². The van der Waals surface area contributed by atoms with Crippen molar-refractivity contribution in [1.29, 1.82) is 0 Å². The molecule has 1 aliphatic heterocycles. The summed E-state index contributed by atoms with van der Waals surface area (Å²) in [5.74, 6) is -0.0687. The van der Waals surface area contributed by atoms with E-state index in [1.807, 2.05) is 30.3 Å². The maximum absolute atomic E-state index is 12.1. The molecule has 26 heavy (non-hydrogen) atoms. The van der Waals surface area contributed by atoms with Crippen LogP contribution in [0.5, 0.6) is 5.75 Å². The number of imide groups is 1. The molecule has 1 N–H and O–H groups in total. The van der Waals surface area contributed by atoms with Gasteiger partial charge in [-0.1, -0.05) is 30.3 Å². The first-order valence-corrected chi connectivity index (χ1v) is 8.15. The molecule has 7 heteroatoms. The number of para-hydroxylation sites is 1. The van der Waals surface area contributed by atoms with E-state index in [1.165, 1.54) is 0 Å². The Kier molecular flexibility index (Phi) is 5.48. The summed E-state index contributed by atoms with van der Waals surface area (Å²) < 4.78 is 10.7. The average Bonchev–Trinajstić information content (AvgIpc) is 2.98. The van der Waals surface area contributed by atoms with Gasteiger partial charge in [0.2, 0.25) is 5.91 Å². The molecule has 1 heterocycles. The molecular formula is C19H18N2O5. The van der Waals surface area contributed by atoms with Crippen LogP contribution in [0.3, 0.4) is 0 Å². The highest BCUT2D eigenvalue weighted by atomic mass is 16.6. The summed E-state index contributed by atoms with van der Waals surface area (Å²) in [4.78, 5) is 36.5. The summed E-state index contributed by atoms with van der Waals surface area (Å²) in [5, 5.41) is 2.46. The van der Waals surface area contributed by atoms with Crippen molar-refractivity contribution in [3.63, 3.8) is 0 Å². The first kappa shape index (κ1) is 17.5. The lowest BCUT2D eigenvalue weighted by Gasteiger charge is -2.13. The van der Waals surface area contributed by atoms with Crippen LogP contribution in [-0.2, 0) is 16.1 Å². The van der Waals surface area contributed by atoms with Gasteiger partial charge < -0.3 is 14.8 Å². The molecular weight excluding hydrogens is 336 g/mol. The Balaban J connectivity index is 1.51. The lowest BCUT2D eigenvalue weighted by atomic mass is 10.1. The maximum atomic E-state index is 12.1. The third-order valence-corrected chi connectivity index (χ3v) is 3.77. The van der Waals surface area contributed by atoms with Gasteiger partial charge in [0.15, 0.2) is 0 Å². The Labute approximate surface area is 150 Å².